The van der Waals surface area contributed by atoms with Gasteiger partial charge in [0.15, 0.2) is 5.78 Å². The van der Waals surface area contributed by atoms with Gasteiger partial charge in [-0.25, -0.2) is 4.79 Å². The van der Waals surface area contributed by atoms with E-state index in [1.165, 1.54) is 0 Å². The van der Waals surface area contributed by atoms with Crippen LogP contribution in [0.1, 0.15) is 51.7 Å². The molecular formula is C30H38O7. The number of Topliss-reactive ketones (excluding diaryl/α,β-unsaturated/α-hetero) is 1. The predicted octanol–water partition coefficient (Wildman–Crippen LogP) is 4.54. The van der Waals surface area contributed by atoms with Gasteiger partial charge >= 0.3 is 5.97 Å². The van der Waals surface area contributed by atoms with Crippen LogP contribution in [0.25, 0.3) is 0 Å². The van der Waals surface area contributed by atoms with E-state index in [0.29, 0.717) is 23.5 Å². The number of allylic oxidation sites excluding steroid dienone is 1. The van der Waals surface area contributed by atoms with Crippen molar-refractivity contribution in [3.8, 4) is 11.5 Å². The maximum absolute atomic E-state index is 11.6. The molecule has 2 aromatic carbocycles. The summed E-state index contributed by atoms with van der Waals surface area (Å²) in [7, 11) is 0. The summed E-state index contributed by atoms with van der Waals surface area (Å²) in [4.78, 5) is 23.0. The summed E-state index contributed by atoms with van der Waals surface area (Å²) in [5.41, 5.74) is 2.62. The molecule has 37 heavy (non-hydrogen) atoms. The van der Waals surface area contributed by atoms with Gasteiger partial charge in [0.25, 0.3) is 0 Å². The van der Waals surface area contributed by atoms with E-state index in [0.717, 1.165) is 11.1 Å². The lowest BCUT2D eigenvalue weighted by Gasteiger charge is -2.26. The lowest BCUT2D eigenvalue weighted by atomic mass is 9.78. The third kappa shape index (κ3) is 9.52. The minimum absolute atomic E-state index is 0.00737. The predicted molar refractivity (Wildman–Crippen MR) is 143 cm³/mol. The molecule has 2 N–H and O–H groups in total. The molecule has 2 rings (SSSR count). The van der Waals surface area contributed by atoms with E-state index in [2.05, 4.69) is 27.0 Å². The Morgan fingerprint density at radius 2 is 1.24 bits per heavy atom. The highest BCUT2D eigenvalue weighted by Crippen LogP contribution is 2.33. The van der Waals surface area contributed by atoms with Gasteiger partial charge in [-0.3, -0.25) is 4.79 Å². The molecule has 0 aromatic heterocycles. The van der Waals surface area contributed by atoms with E-state index >= 15 is 0 Å². The Balaban J connectivity index is 1.88. The van der Waals surface area contributed by atoms with Gasteiger partial charge in [-0.1, -0.05) is 51.3 Å². The number of ether oxygens (including phenoxy) is 3. The monoisotopic (exact) mass is 510 g/mol. The molecule has 200 valence electrons. The number of esters is 1. The fourth-order valence-electron chi connectivity index (χ4n) is 3.42. The standard InChI is InChI=1S/C30H38O7/c1-20(2)28(33)16-11-24(31)17-35-26-12-7-22(8-13-26)30(5,6)23-9-14-27(15-10-23)36-18-25(32)19-37-29(34)21(3)4/h7-10,12-15,24-25,31-32H,1,3,11,16-19H2,2,4-6H3. The average molecular weight is 511 g/mol. The first-order valence-electron chi connectivity index (χ1n) is 12.2. The van der Waals surface area contributed by atoms with Crippen molar-refractivity contribution in [2.45, 2.75) is 58.2 Å². The summed E-state index contributed by atoms with van der Waals surface area (Å²) in [5, 5.41) is 20.0. The maximum Gasteiger partial charge on any atom is 0.333 e. The number of carbonyl (C=O) groups excluding carboxylic acids is 2. The van der Waals surface area contributed by atoms with Gasteiger partial charge < -0.3 is 24.4 Å². The maximum atomic E-state index is 11.6. The van der Waals surface area contributed by atoms with Crippen LogP contribution in [0.2, 0.25) is 0 Å². The molecule has 0 aliphatic carbocycles. The molecule has 2 unspecified atom stereocenters. The van der Waals surface area contributed by atoms with Gasteiger partial charge in [0.05, 0.1) is 6.10 Å². The van der Waals surface area contributed by atoms with E-state index in [1.54, 1.807) is 13.8 Å². The van der Waals surface area contributed by atoms with Crippen molar-refractivity contribution in [3.05, 3.63) is 84.0 Å². The van der Waals surface area contributed by atoms with Gasteiger partial charge in [-0.05, 0) is 61.2 Å². The molecule has 0 amide bonds. The smallest absolute Gasteiger partial charge is 0.333 e. The molecular weight excluding hydrogens is 472 g/mol. The number of benzene rings is 2. The largest absolute Gasteiger partial charge is 0.491 e. The number of hydrogen-bond donors (Lipinski definition) is 2. The second-order valence-corrected chi connectivity index (χ2v) is 9.72. The minimum Gasteiger partial charge on any atom is -0.491 e. The van der Waals surface area contributed by atoms with Crippen molar-refractivity contribution in [2.24, 2.45) is 0 Å². The van der Waals surface area contributed by atoms with E-state index in [-0.39, 0.29) is 43.0 Å². The molecule has 0 fully saturated rings. The Morgan fingerprint density at radius 1 is 0.784 bits per heavy atom. The molecule has 0 aliphatic rings. The van der Waals surface area contributed by atoms with Crippen molar-refractivity contribution in [3.63, 3.8) is 0 Å². The molecule has 2 atom stereocenters. The molecule has 0 bridgehead atoms. The Morgan fingerprint density at radius 3 is 1.68 bits per heavy atom. The van der Waals surface area contributed by atoms with Crippen LogP contribution in [-0.2, 0) is 19.7 Å². The average Bonchev–Trinajstić information content (AvgIpc) is 2.88. The van der Waals surface area contributed by atoms with E-state index in [9.17, 15) is 19.8 Å². The Labute approximate surface area is 219 Å². The highest BCUT2D eigenvalue weighted by atomic mass is 16.5. The van der Waals surface area contributed by atoms with E-state index in [4.69, 9.17) is 14.2 Å². The molecule has 0 saturated carbocycles. The lowest BCUT2D eigenvalue weighted by Crippen LogP contribution is -2.25. The summed E-state index contributed by atoms with van der Waals surface area (Å²) in [6.45, 7) is 14.5. The summed E-state index contributed by atoms with van der Waals surface area (Å²) in [6, 6.07) is 15.3. The third-order valence-corrected chi connectivity index (χ3v) is 5.97. The van der Waals surface area contributed by atoms with Gasteiger partial charge in [0, 0.05) is 17.4 Å². The zero-order valence-electron chi connectivity index (χ0n) is 22.2. The van der Waals surface area contributed by atoms with Crippen molar-refractivity contribution in [1.82, 2.24) is 0 Å². The van der Waals surface area contributed by atoms with E-state index in [1.807, 2.05) is 48.5 Å². The van der Waals surface area contributed by atoms with Gasteiger partial charge in [-0.15, -0.1) is 0 Å². The van der Waals surface area contributed by atoms with Crippen LogP contribution in [0.3, 0.4) is 0 Å². The van der Waals surface area contributed by atoms with Crippen LogP contribution < -0.4 is 9.47 Å². The number of aliphatic hydroxyl groups is 2. The Kier molecular flexibility index (Phi) is 11.1. The Hall–Kier alpha value is -3.42. The van der Waals surface area contributed by atoms with Crippen molar-refractivity contribution < 1.29 is 34.0 Å². The van der Waals surface area contributed by atoms with Crippen LogP contribution in [0, 0.1) is 0 Å². The van der Waals surface area contributed by atoms with Gasteiger partial charge in [-0.2, -0.15) is 0 Å². The first kappa shape index (κ1) is 29.8. The molecule has 7 nitrogen and oxygen atoms in total. The first-order chi connectivity index (χ1) is 17.4. The quantitative estimate of drug-likeness (QED) is 0.268. The normalized spacial score (nSPS) is 12.8. The second kappa shape index (κ2) is 13.8. The molecule has 0 heterocycles. The highest BCUT2D eigenvalue weighted by Gasteiger charge is 2.23. The fraction of sp³-hybridized carbons (Fsp3) is 0.400. The number of hydrogen-bond acceptors (Lipinski definition) is 7. The molecule has 0 spiro atoms. The SMILES string of the molecule is C=C(C)C(=O)CCC(O)COc1ccc(C(C)(C)c2ccc(OCC(O)COC(=O)C(=C)C)cc2)cc1. The lowest BCUT2D eigenvalue weighted by molar-refractivity contribution is -0.142. The van der Waals surface area contributed by atoms with E-state index < -0.39 is 18.2 Å². The molecule has 0 saturated heterocycles. The summed E-state index contributed by atoms with van der Waals surface area (Å²) in [5.74, 6) is 0.636. The van der Waals surface area contributed by atoms with Crippen molar-refractivity contribution in [2.75, 3.05) is 19.8 Å². The van der Waals surface area contributed by atoms with Gasteiger partial charge in [0.1, 0.15) is 37.4 Å². The molecule has 2 aromatic rings. The zero-order chi connectivity index (χ0) is 27.6. The van der Waals surface area contributed by atoms with Crippen molar-refractivity contribution in [1.29, 1.82) is 0 Å². The molecule has 0 radical (unpaired) electrons. The van der Waals surface area contributed by atoms with Crippen LogP contribution in [0.4, 0.5) is 0 Å². The summed E-state index contributed by atoms with van der Waals surface area (Å²) < 4.78 is 16.2. The zero-order valence-corrected chi connectivity index (χ0v) is 22.2. The third-order valence-electron chi connectivity index (χ3n) is 5.97. The van der Waals surface area contributed by atoms with Crippen molar-refractivity contribution >= 4 is 11.8 Å². The Bertz CT molecular complexity index is 983. The van der Waals surface area contributed by atoms with Crippen LogP contribution in [0.5, 0.6) is 11.5 Å². The summed E-state index contributed by atoms with van der Waals surface area (Å²) in [6.07, 6.45) is -1.09. The topological polar surface area (TPSA) is 102 Å². The molecule has 7 heteroatoms. The second-order valence-electron chi connectivity index (χ2n) is 9.72. The van der Waals surface area contributed by atoms with Crippen LogP contribution >= 0.6 is 0 Å². The number of carbonyl (C=O) groups is 2. The highest BCUT2D eigenvalue weighted by molar-refractivity contribution is 5.94. The van der Waals surface area contributed by atoms with Crippen LogP contribution in [-0.4, -0.2) is 54.0 Å². The number of aliphatic hydroxyl groups excluding tert-OH is 2. The fourth-order valence-corrected chi connectivity index (χ4v) is 3.42. The number of ketones is 1. The number of rotatable bonds is 15. The van der Waals surface area contributed by atoms with Crippen LogP contribution in [0.15, 0.2) is 72.8 Å². The van der Waals surface area contributed by atoms with Gasteiger partial charge in [0.2, 0.25) is 0 Å². The molecule has 0 aliphatic heterocycles. The minimum atomic E-state index is -0.944. The first-order valence-corrected chi connectivity index (χ1v) is 12.2. The summed E-state index contributed by atoms with van der Waals surface area (Å²) >= 11 is 0.